The molecule has 1 aliphatic heterocycles. The molecule has 3 heteroatoms. The molecule has 0 aromatic heterocycles. The van der Waals surface area contributed by atoms with Gasteiger partial charge in [-0.25, -0.2) is 4.39 Å². The molecule has 0 saturated heterocycles. The Morgan fingerprint density at radius 3 is 2.61 bits per heavy atom. The maximum Gasteiger partial charge on any atom is 0.127 e. The molecule has 0 unspecified atom stereocenters. The van der Waals surface area contributed by atoms with Crippen molar-refractivity contribution < 1.29 is 14.2 Å². The summed E-state index contributed by atoms with van der Waals surface area (Å²) < 4.78 is 18.4. The van der Waals surface area contributed by atoms with Gasteiger partial charge in [-0.3, -0.25) is 0 Å². The van der Waals surface area contributed by atoms with Gasteiger partial charge in [-0.1, -0.05) is 12.1 Å². The van der Waals surface area contributed by atoms with Crippen molar-refractivity contribution in [2.45, 2.75) is 0 Å². The van der Waals surface area contributed by atoms with Crippen LogP contribution in [0.2, 0.25) is 0 Å². The van der Waals surface area contributed by atoms with Crippen LogP contribution in [0.4, 0.5) is 4.39 Å². The van der Waals surface area contributed by atoms with Crippen molar-refractivity contribution in [3.8, 4) is 11.5 Å². The van der Waals surface area contributed by atoms with Crippen LogP contribution in [0.3, 0.4) is 0 Å². The molecule has 0 radical (unpaired) electrons. The van der Waals surface area contributed by atoms with Gasteiger partial charge in [0.05, 0.1) is 0 Å². The number of benzene rings is 2. The fraction of sp³-hybridized carbons (Fsp3) is 0.0667. The van der Waals surface area contributed by atoms with Crippen LogP contribution in [0.25, 0.3) is 5.57 Å². The van der Waals surface area contributed by atoms with Gasteiger partial charge in [-0.2, -0.15) is 0 Å². The molecule has 1 heterocycles. The standard InChI is InChI=1S/C15H11FO2/c16-11-3-1-10(2-4-11)13-7-8-18-15-6-5-12(17)9-14(13)15/h1-7,9,17H,8H2. The van der Waals surface area contributed by atoms with E-state index in [-0.39, 0.29) is 11.6 Å². The van der Waals surface area contributed by atoms with Crippen LogP contribution < -0.4 is 4.74 Å². The maximum atomic E-state index is 12.9. The zero-order chi connectivity index (χ0) is 12.5. The van der Waals surface area contributed by atoms with E-state index in [4.69, 9.17) is 4.74 Å². The van der Waals surface area contributed by atoms with Gasteiger partial charge in [0.1, 0.15) is 23.9 Å². The van der Waals surface area contributed by atoms with Crippen molar-refractivity contribution in [2.75, 3.05) is 6.61 Å². The lowest BCUT2D eigenvalue weighted by Crippen LogP contribution is -2.05. The molecule has 0 saturated carbocycles. The molecular formula is C15H11FO2. The van der Waals surface area contributed by atoms with Gasteiger partial charge in [-0.15, -0.1) is 0 Å². The van der Waals surface area contributed by atoms with Crippen molar-refractivity contribution >= 4 is 5.57 Å². The first-order valence-corrected chi connectivity index (χ1v) is 5.66. The second-order valence-corrected chi connectivity index (χ2v) is 4.12. The van der Waals surface area contributed by atoms with Gasteiger partial charge >= 0.3 is 0 Å². The fourth-order valence-electron chi connectivity index (χ4n) is 2.08. The maximum absolute atomic E-state index is 12.9. The lowest BCUT2D eigenvalue weighted by atomic mass is 9.95. The highest BCUT2D eigenvalue weighted by atomic mass is 19.1. The van der Waals surface area contributed by atoms with Gasteiger partial charge in [0.15, 0.2) is 0 Å². The summed E-state index contributed by atoms with van der Waals surface area (Å²) >= 11 is 0. The fourth-order valence-corrected chi connectivity index (χ4v) is 2.08. The number of ether oxygens (including phenoxy) is 1. The Balaban J connectivity index is 2.11. The van der Waals surface area contributed by atoms with Crippen LogP contribution in [-0.4, -0.2) is 11.7 Å². The predicted octanol–water partition coefficient (Wildman–Crippen LogP) is 3.36. The Kier molecular flexibility index (Phi) is 2.52. The molecule has 1 N–H and O–H groups in total. The van der Waals surface area contributed by atoms with Crippen molar-refractivity contribution in [3.05, 3.63) is 65.5 Å². The highest BCUT2D eigenvalue weighted by Gasteiger charge is 2.15. The smallest absolute Gasteiger partial charge is 0.127 e. The Bertz CT molecular complexity index is 615. The first kappa shape index (κ1) is 10.8. The Morgan fingerprint density at radius 2 is 1.83 bits per heavy atom. The molecule has 0 amide bonds. The molecule has 0 aliphatic carbocycles. The summed E-state index contributed by atoms with van der Waals surface area (Å²) in [6, 6.07) is 11.3. The highest BCUT2D eigenvalue weighted by molar-refractivity contribution is 5.84. The number of fused-ring (bicyclic) bond motifs is 1. The van der Waals surface area contributed by atoms with Crippen LogP contribution >= 0.6 is 0 Å². The predicted molar refractivity (Wildman–Crippen MR) is 67.1 cm³/mol. The Morgan fingerprint density at radius 1 is 1.06 bits per heavy atom. The average Bonchev–Trinajstić information content (AvgIpc) is 2.39. The van der Waals surface area contributed by atoms with E-state index < -0.39 is 0 Å². The van der Waals surface area contributed by atoms with E-state index in [1.807, 2.05) is 6.08 Å². The number of aromatic hydroxyl groups is 1. The third-order valence-electron chi connectivity index (χ3n) is 2.93. The summed E-state index contributed by atoms with van der Waals surface area (Å²) in [6.45, 7) is 0.477. The Labute approximate surface area is 104 Å². The normalized spacial score (nSPS) is 13.5. The minimum Gasteiger partial charge on any atom is -0.508 e. The molecule has 0 spiro atoms. The summed E-state index contributed by atoms with van der Waals surface area (Å²) in [5.74, 6) is 0.657. The molecule has 3 rings (SSSR count). The van der Waals surface area contributed by atoms with Gasteiger partial charge in [0.25, 0.3) is 0 Å². The van der Waals surface area contributed by atoms with Gasteiger partial charge in [0.2, 0.25) is 0 Å². The quantitative estimate of drug-likeness (QED) is 0.830. The number of phenols is 1. The summed E-state index contributed by atoms with van der Waals surface area (Å²) in [5.41, 5.74) is 2.69. The SMILES string of the molecule is Oc1ccc2c(c1)C(c1ccc(F)cc1)=CCO2. The minimum absolute atomic E-state index is 0.187. The summed E-state index contributed by atoms with van der Waals surface area (Å²) in [6.07, 6.45) is 1.93. The van der Waals surface area contributed by atoms with E-state index in [0.29, 0.717) is 6.61 Å². The first-order valence-electron chi connectivity index (χ1n) is 5.66. The summed E-state index contributed by atoms with van der Waals surface area (Å²) in [5, 5.41) is 9.55. The van der Waals surface area contributed by atoms with E-state index in [0.717, 1.165) is 22.4 Å². The lowest BCUT2D eigenvalue weighted by molar-refractivity contribution is 0.356. The molecule has 2 nitrogen and oxygen atoms in total. The second kappa shape index (κ2) is 4.18. The molecule has 2 aromatic carbocycles. The van der Waals surface area contributed by atoms with Gasteiger partial charge < -0.3 is 9.84 Å². The van der Waals surface area contributed by atoms with E-state index in [1.54, 1.807) is 30.3 Å². The lowest BCUT2D eigenvalue weighted by Gasteiger charge is -2.19. The van der Waals surface area contributed by atoms with E-state index in [1.165, 1.54) is 12.1 Å². The number of hydrogen-bond donors (Lipinski definition) is 1. The topological polar surface area (TPSA) is 29.5 Å². The van der Waals surface area contributed by atoms with E-state index >= 15 is 0 Å². The molecule has 0 bridgehead atoms. The summed E-state index contributed by atoms with van der Waals surface area (Å²) in [7, 11) is 0. The van der Waals surface area contributed by atoms with Gasteiger partial charge in [-0.05, 0) is 47.5 Å². The molecular weight excluding hydrogens is 231 g/mol. The molecule has 1 aliphatic rings. The zero-order valence-corrected chi connectivity index (χ0v) is 9.56. The minimum atomic E-state index is -0.262. The second-order valence-electron chi connectivity index (χ2n) is 4.12. The number of phenolic OH excluding ortho intramolecular Hbond substituents is 1. The van der Waals surface area contributed by atoms with Crippen LogP contribution in [0.1, 0.15) is 11.1 Å². The number of rotatable bonds is 1. The molecule has 2 aromatic rings. The third kappa shape index (κ3) is 1.84. The van der Waals surface area contributed by atoms with Crippen LogP contribution in [-0.2, 0) is 0 Å². The third-order valence-corrected chi connectivity index (χ3v) is 2.93. The van der Waals surface area contributed by atoms with E-state index in [9.17, 15) is 9.50 Å². The highest BCUT2D eigenvalue weighted by Crippen LogP contribution is 2.36. The first-order chi connectivity index (χ1) is 8.74. The Hall–Kier alpha value is -2.29. The molecule has 0 atom stereocenters. The van der Waals surface area contributed by atoms with Crippen LogP contribution in [0.5, 0.6) is 11.5 Å². The van der Waals surface area contributed by atoms with Gasteiger partial charge in [0, 0.05) is 5.56 Å². The van der Waals surface area contributed by atoms with Crippen molar-refractivity contribution in [1.82, 2.24) is 0 Å². The van der Waals surface area contributed by atoms with Crippen molar-refractivity contribution in [3.63, 3.8) is 0 Å². The number of hydrogen-bond acceptors (Lipinski definition) is 2. The van der Waals surface area contributed by atoms with Crippen LogP contribution in [0, 0.1) is 5.82 Å². The zero-order valence-electron chi connectivity index (χ0n) is 9.56. The molecule has 0 fully saturated rings. The number of halogens is 1. The average molecular weight is 242 g/mol. The summed E-state index contributed by atoms with van der Waals surface area (Å²) in [4.78, 5) is 0. The molecule has 18 heavy (non-hydrogen) atoms. The largest absolute Gasteiger partial charge is 0.508 e. The van der Waals surface area contributed by atoms with Crippen molar-refractivity contribution in [1.29, 1.82) is 0 Å². The van der Waals surface area contributed by atoms with Crippen LogP contribution in [0.15, 0.2) is 48.5 Å². The van der Waals surface area contributed by atoms with E-state index in [2.05, 4.69) is 0 Å². The van der Waals surface area contributed by atoms with Crippen molar-refractivity contribution in [2.24, 2.45) is 0 Å². The monoisotopic (exact) mass is 242 g/mol. The molecule has 90 valence electrons.